The predicted octanol–water partition coefficient (Wildman–Crippen LogP) is 5.07. The standard InChI is InChI=1S/C17H18BrNOSi/c1-21(2,3)20-17(13-19,14-7-5-4-6-8-14)15-9-11-16(18)12-10-15/h4-12H,1-3H3. The summed E-state index contributed by atoms with van der Waals surface area (Å²) in [4.78, 5) is 0. The Hall–Kier alpha value is -1.41. The van der Waals surface area contributed by atoms with Crippen molar-refractivity contribution in [1.29, 1.82) is 5.26 Å². The van der Waals surface area contributed by atoms with Gasteiger partial charge in [-0.2, -0.15) is 5.26 Å². The van der Waals surface area contributed by atoms with Crippen molar-refractivity contribution in [3.8, 4) is 6.07 Å². The van der Waals surface area contributed by atoms with Gasteiger partial charge in [-0.15, -0.1) is 0 Å². The molecule has 0 aromatic heterocycles. The Balaban J connectivity index is 2.63. The van der Waals surface area contributed by atoms with Gasteiger partial charge in [0.2, 0.25) is 0 Å². The van der Waals surface area contributed by atoms with Crippen LogP contribution in [0.3, 0.4) is 0 Å². The topological polar surface area (TPSA) is 33.0 Å². The molecule has 2 aromatic carbocycles. The highest BCUT2D eigenvalue weighted by Crippen LogP contribution is 2.36. The van der Waals surface area contributed by atoms with Crippen molar-refractivity contribution in [2.75, 3.05) is 0 Å². The van der Waals surface area contributed by atoms with Gasteiger partial charge in [-0.1, -0.05) is 58.4 Å². The Morgan fingerprint density at radius 1 is 0.952 bits per heavy atom. The van der Waals surface area contributed by atoms with Crippen LogP contribution in [0.25, 0.3) is 0 Å². The summed E-state index contributed by atoms with van der Waals surface area (Å²) in [6.45, 7) is 6.29. The molecule has 0 saturated carbocycles. The van der Waals surface area contributed by atoms with Crippen LogP contribution < -0.4 is 0 Å². The fourth-order valence-corrected chi connectivity index (χ4v) is 3.72. The molecule has 0 spiro atoms. The molecule has 0 fully saturated rings. The number of hydrogen-bond donors (Lipinski definition) is 0. The molecule has 0 amide bonds. The van der Waals surface area contributed by atoms with Crippen LogP contribution in [-0.4, -0.2) is 8.32 Å². The Bertz CT molecular complexity index is 643. The van der Waals surface area contributed by atoms with Crippen molar-refractivity contribution >= 4 is 24.2 Å². The highest BCUT2D eigenvalue weighted by molar-refractivity contribution is 9.10. The third-order valence-corrected chi connectivity index (χ3v) is 4.50. The summed E-state index contributed by atoms with van der Waals surface area (Å²) in [5, 5.41) is 9.95. The van der Waals surface area contributed by atoms with E-state index >= 15 is 0 Å². The molecule has 21 heavy (non-hydrogen) atoms. The molecule has 1 atom stereocenters. The number of nitriles is 1. The van der Waals surface area contributed by atoms with Gasteiger partial charge in [0, 0.05) is 15.6 Å². The van der Waals surface area contributed by atoms with Gasteiger partial charge in [0.25, 0.3) is 0 Å². The molecule has 2 aromatic rings. The maximum absolute atomic E-state index is 9.95. The van der Waals surface area contributed by atoms with Gasteiger partial charge >= 0.3 is 0 Å². The first-order valence-corrected chi connectivity index (χ1v) is 11.0. The molecule has 0 bridgehead atoms. The van der Waals surface area contributed by atoms with Crippen LogP contribution in [0, 0.1) is 11.3 Å². The van der Waals surface area contributed by atoms with Gasteiger partial charge in [0.1, 0.15) is 6.07 Å². The van der Waals surface area contributed by atoms with Crippen LogP contribution in [-0.2, 0) is 10.0 Å². The molecule has 0 N–H and O–H groups in total. The average molecular weight is 360 g/mol. The molecule has 0 aliphatic carbocycles. The van der Waals surface area contributed by atoms with E-state index in [1.165, 1.54) is 0 Å². The van der Waals surface area contributed by atoms with Crippen molar-refractivity contribution in [3.05, 3.63) is 70.2 Å². The maximum atomic E-state index is 9.95. The van der Waals surface area contributed by atoms with Gasteiger partial charge in [-0.25, -0.2) is 0 Å². The second-order valence-electron chi connectivity index (χ2n) is 5.88. The number of hydrogen-bond acceptors (Lipinski definition) is 2. The van der Waals surface area contributed by atoms with Crippen LogP contribution >= 0.6 is 15.9 Å². The second-order valence-corrected chi connectivity index (χ2v) is 11.2. The quantitative estimate of drug-likeness (QED) is 0.714. The number of nitrogens with zero attached hydrogens (tertiary/aromatic N) is 1. The van der Waals surface area contributed by atoms with E-state index in [0.29, 0.717) is 0 Å². The zero-order chi connectivity index (χ0) is 15.5. The van der Waals surface area contributed by atoms with E-state index in [-0.39, 0.29) is 0 Å². The summed E-state index contributed by atoms with van der Waals surface area (Å²) in [5.41, 5.74) is 0.686. The van der Waals surface area contributed by atoms with Crippen LogP contribution in [0.4, 0.5) is 0 Å². The van der Waals surface area contributed by atoms with Crippen molar-refractivity contribution in [3.63, 3.8) is 0 Å². The monoisotopic (exact) mass is 359 g/mol. The first-order chi connectivity index (χ1) is 9.87. The van der Waals surface area contributed by atoms with Crippen molar-refractivity contribution in [2.24, 2.45) is 0 Å². The molecule has 0 aliphatic rings. The van der Waals surface area contributed by atoms with E-state index in [9.17, 15) is 5.26 Å². The molecule has 0 heterocycles. The van der Waals surface area contributed by atoms with Gasteiger partial charge in [0.15, 0.2) is 13.9 Å². The highest BCUT2D eigenvalue weighted by atomic mass is 79.9. The Kier molecular flexibility index (Phi) is 4.67. The summed E-state index contributed by atoms with van der Waals surface area (Å²) >= 11 is 3.44. The van der Waals surface area contributed by atoms with Crippen LogP contribution in [0.5, 0.6) is 0 Å². The number of halogens is 1. The third kappa shape index (κ3) is 3.62. The molecule has 108 valence electrons. The highest BCUT2D eigenvalue weighted by Gasteiger charge is 2.39. The van der Waals surface area contributed by atoms with E-state index in [1.54, 1.807) is 0 Å². The van der Waals surface area contributed by atoms with Gasteiger partial charge < -0.3 is 4.43 Å². The van der Waals surface area contributed by atoms with Gasteiger partial charge in [-0.05, 0) is 31.8 Å². The van der Waals surface area contributed by atoms with Crippen LogP contribution in [0.15, 0.2) is 59.1 Å². The minimum Gasteiger partial charge on any atom is -0.393 e. The van der Waals surface area contributed by atoms with E-state index in [0.717, 1.165) is 15.6 Å². The summed E-state index contributed by atoms with van der Waals surface area (Å²) in [5.74, 6) is 0. The molecular weight excluding hydrogens is 342 g/mol. The lowest BCUT2D eigenvalue weighted by molar-refractivity contribution is 0.164. The van der Waals surface area contributed by atoms with Crippen molar-refractivity contribution in [2.45, 2.75) is 25.2 Å². The van der Waals surface area contributed by atoms with Crippen LogP contribution in [0.2, 0.25) is 19.6 Å². The zero-order valence-electron chi connectivity index (χ0n) is 12.4. The number of benzene rings is 2. The Labute approximate surface area is 135 Å². The SMILES string of the molecule is C[Si](C)(C)OC(C#N)(c1ccccc1)c1ccc(Br)cc1. The smallest absolute Gasteiger partial charge is 0.196 e. The fourth-order valence-electron chi connectivity index (χ4n) is 2.25. The summed E-state index contributed by atoms with van der Waals surface area (Å²) < 4.78 is 7.33. The molecule has 4 heteroatoms. The number of rotatable bonds is 4. The van der Waals surface area contributed by atoms with E-state index in [2.05, 4.69) is 41.6 Å². The molecule has 0 radical (unpaired) electrons. The first kappa shape index (κ1) is 16.0. The second kappa shape index (κ2) is 6.14. The lowest BCUT2D eigenvalue weighted by Gasteiger charge is -2.34. The van der Waals surface area contributed by atoms with E-state index in [1.807, 2.05) is 54.6 Å². The predicted molar refractivity (Wildman–Crippen MR) is 91.4 cm³/mol. The van der Waals surface area contributed by atoms with E-state index < -0.39 is 13.9 Å². The Morgan fingerprint density at radius 3 is 1.95 bits per heavy atom. The summed E-state index contributed by atoms with van der Waals surface area (Å²) in [7, 11) is -1.93. The van der Waals surface area contributed by atoms with Crippen LogP contribution in [0.1, 0.15) is 11.1 Å². The molecule has 0 saturated heterocycles. The largest absolute Gasteiger partial charge is 0.393 e. The average Bonchev–Trinajstić information content (AvgIpc) is 2.46. The fraction of sp³-hybridized carbons (Fsp3) is 0.235. The summed E-state index contributed by atoms with van der Waals surface area (Å²) in [6.07, 6.45) is 0. The minimum absolute atomic E-state index is 0.863. The molecular formula is C17H18BrNOSi. The van der Waals surface area contributed by atoms with E-state index in [4.69, 9.17) is 4.43 Å². The molecule has 2 nitrogen and oxygen atoms in total. The molecule has 0 aliphatic heterocycles. The van der Waals surface area contributed by atoms with Crippen molar-refractivity contribution < 1.29 is 4.43 Å². The van der Waals surface area contributed by atoms with Gasteiger partial charge in [0.05, 0.1) is 0 Å². The molecule has 1 unspecified atom stereocenters. The first-order valence-electron chi connectivity index (χ1n) is 6.80. The zero-order valence-corrected chi connectivity index (χ0v) is 15.0. The normalized spacial score (nSPS) is 14.2. The van der Waals surface area contributed by atoms with Gasteiger partial charge in [-0.3, -0.25) is 0 Å². The molecule has 2 rings (SSSR count). The Morgan fingerprint density at radius 2 is 1.48 bits per heavy atom. The maximum Gasteiger partial charge on any atom is 0.196 e. The lowest BCUT2D eigenvalue weighted by Crippen LogP contribution is -2.40. The lowest BCUT2D eigenvalue weighted by atomic mass is 9.88. The third-order valence-electron chi connectivity index (χ3n) is 3.05. The minimum atomic E-state index is -1.93. The summed E-state index contributed by atoms with van der Waals surface area (Å²) in [6, 6.07) is 19.9. The van der Waals surface area contributed by atoms with Crippen molar-refractivity contribution in [1.82, 2.24) is 0 Å².